The summed E-state index contributed by atoms with van der Waals surface area (Å²) in [6, 6.07) is 27.3. The Morgan fingerprint density at radius 2 is 1.37 bits per heavy atom. The first-order valence-electron chi connectivity index (χ1n) is 9.68. The Labute approximate surface area is 177 Å². The molecule has 3 aromatic rings. The largest absolute Gasteiger partial charge is 0.497 e. The van der Waals surface area contributed by atoms with Gasteiger partial charge >= 0.3 is 0 Å². The fraction of sp³-hybridized carbons (Fsp3) is 0.0769. The Kier molecular flexibility index (Phi) is 7.75. The highest BCUT2D eigenvalue weighted by atomic mass is 16.5. The third kappa shape index (κ3) is 6.91. The molecule has 0 saturated carbocycles. The van der Waals surface area contributed by atoms with E-state index in [4.69, 9.17) is 4.74 Å². The molecule has 0 aromatic heterocycles. The number of hydrogen-bond donors (Lipinski definition) is 1. The minimum atomic E-state index is -0.182. The maximum atomic E-state index is 12.3. The molecule has 0 spiro atoms. The molecule has 0 heterocycles. The van der Waals surface area contributed by atoms with Gasteiger partial charge in [0.05, 0.1) is 19.2 Å². The SMILES string of the molecule is COc1ccc(CC(=O)NN=C(C=Cc2ccccc2)C=Cc2ccccc2)cc1. The number of amides is 1. The molecule has 0 bridgehead atoms. The van der Waals surface area contributed by atoms with Crippen LogP contribution in [0.1, 0.15) is 16.7 Å². The molecular formula is C26H24N2O2. The summed E-state index contributed by atoms with van der Waals surface area (Å²) in [5, 5.41) is 4.30. The number of ether oxygens (including phenoxy) is 1. The van der Waals surface area contributed by atoms with Gasteiger partial charge in [0.15, 0.2) is 0 Å². The Hall–Kier alpha value is -3.92. The summed E-state index contributed by atoms with van der Waals surface area (Å²) in [5.74, 6) is 0.579. The predicted octanol–water partition coefficient (Wildman–Crippen LogP) is 5.14. The molecule has 0 fully saturated rings. The van der Waals surface area contributed by atoms with Crippen LogP contribution in [0.15, 0.2) is 102 Å². The Bertz CT molecular complexity index is 970. The summed E-state index contributed by atoms with van der Waals surface area (Å²) in [4.78, 5) is 12.3. The van der Waals surface area contributed by atoms with Crippen molar-refractivity contribution >= 4 is 23.8 Å². The first-order valence-corrected chi connectivity index (χ1v) is 9.68. The molecule has 0 radical (unpaired) electrons. The maximum absolute atomic E-state index is 12.3. The smallest absolute Gasteiger partial charge is 0.244 e. The van der Waals surface area contributed by atoms with E-state index in [1.807, 2.05) is 109 Å². The highest BCUT2D eigenvalue weighted by Gasteiger charge is 2.03. The van der Waals surface area contributed by atoms with Gasteiger partial charge in [0, 0.05) is 0 Å². The summed E-state index contributed by atoms with van der Waals surface area (Å²) in [5.41, 5.74) is 6.30. The van der Waals surface area contributed by atoms with Crippen molar-refractivity contribution in [3.63, 3.8) is 0 Å². The molecule has 0 aliphatic rings. The van der Waals surface area contributed by atoms with Crippen molar-refractivity contribution in [3.8, 4) is 5.75 Å². The predicted molar refractivity (Wildman–Crippen MR) is 123 cm³/mol. The molecule has 1 amide bonds. The number of carbonyl (C=O) groups excluding carboxylic acids is 1. The van der Waals surface area contributed by atoms with Crippen molar-refractivity contribution in [2.45, 2.75) is 6.42 Å². The van der Waals surface area contributed by atoms with Crippen molar-refractivity contribution in [2.24, 2.45) is 5.10 Å². The van der Waals surface area contributed by atoms with Gasteiger partial charge in [-0.15, -0.1) is 0 Å². The number of hydrazone groups is 1. The first-order chi connectivity index (χ1) is 14.7. The van der Waals surface area contributed by atoms with Crippen LogP contribution in [0.25, 0.3) is 12.2 Å². The van der Waals surface area contributed by atoms with Gasteiger partial charge < -0.3 is 4.74 Å². The number of hydrogen-bond acceptors (Lipinski definition) is 3. The van der Waals surface area contributed by atoms with Crippen LogP contribution in [0.2, 0.25) is 0 Å². The van der Waals surface area contributed by atoms with E-state index in [1.165, 1.54) is 0 Å². The molecule has 0 unspecified atom stereocenters. The van der Waals surface area contributed by atoms with Crippen molar-refractivity contribution in [2.75, 3.05) is 7.11 Å². The standard InChI is InChI=1S/C26H24N2O2/c1-30-25-18-14-23(15-19-25)20-26(29)28-27-24(16-12-21-8-4-2-5-9-21)17-13-22-10-6-3-7-11-22/h2-19H,20H2,1H3,(H,28,29). The van der Waals surface area contributed by atoms with Crippen molar-refractivity contribution in [1.82, 2.24) is 5.43 Å². The molecule has 30 heavy (non-hydrogen) atoms. The quantitative estimate of drug-likeness (QED) is 0.424. The second-order valence-electron chi connectivity index (χ2n) is 6.58. The van der Waals surface area contributed by atoms with Gasteiger partial charge in [0.2, 0.25) is 5.91 Å². The number of rotatable bonds is 8. The molecule has 0 saturated heterocycles. The maximum Gasteiger partial charge on any atom is 0.244 e. The number of methoxy groups -OCH3 is 1. The highest BCUT2D eigenvalue weighted by molar-refractivity contribution is 6.08. The number of carbonyl (C=O) groups is 1. The van der Waals surface area contributed by atoms with E-state index >= 15 is 0 Å². The Morgan fingerprint density at radius 3 is 1.87 bits per heavy atom. The van der Waals surface area contributed by atoms with Crippen LogP contribution in [0.5, 0.6) is 5.75 Å². The average molecular weight is 396 g/mol. The van der Waals surface area contributed by atoms with Crippen LogP contribution in [0, 0.1) is 0 Å². The molecule has 150 valence electrons. The molecule has 0 aliphatic heterocycles. The van der Waals surface area contributed by atoms with E-state index in [0.717, 1.165) is 22.4 Å². The van der Waals surface area contributed by atoms with Crippen LogP contribution in [-0.2, 0) is 11.2 Å². The molecule has 4 heteroatoms. The van der Waals surface area contributed by atoms with Crippen LogP contribution >= 0.6 is 0 Å². The molecule has 0 aliphatic carbocycles. The number of benzene rings is 3. The Morgan fingerprint density at radius 1 is 0.833 bits per heavy atom. The lowest BCUT2D eigenvalue weighted by atomic mass is 10.1. The zero-order valence-corrected chi connectivity index (χ0v) is 16.9. The normalized spacial score (nSPS) is 10.8. The summed E-state index contributed by atoms with van der Waals surface area (Å²) in [7, 11) is 1.61. The molecular weight excluding hydrogens is 372 g/mol. The molecule has 3 aromatic carbocycles. The lowest BCUT2D eigenvalue weighted by molar-refractivity contribution is -0.120. The van der Waals surface area contributed by atoms with Gasteiger partial charge in [-0.1, -0.05) is 84.9 Å². The second-order valence-corrected chi connectivity index (χ2v) is 6.58. The molecule has 3 rings (SSSR count). The fourth-order valence-corrected chi connectivity index (χ4v) is 2.72. The Balaban J connectivity index is 1.70. The minimum Gasteiger partial charge on any atom is -0.497 e. The topological polar surface area (TPSA) is 50.7 Å². The highest BCUT2D eigenvalue weighted by Crippen LogP contribution is 2.11. The minimum absolute atomic E-state index is 0.182. The summed E-state index contributed by atoms with van der Waals surface area (Å²) in [6.07, 6.45) is 7.92. The third-order valence-corrected chi connectivity index (χ3v) is 4.33. The number of nitrogens with one attached hydrogen (secondary N) is 1. The van der Waals surface area contributed by atoms with Crippen LogP contribution in [0.3, 0.4) is 0 Å². The first kappa shape index (κ1) is 20.8. The summed E-state index contributed by atoms with van der Waals surface area (Å²) in [6.45, 7) is 0. The van der Waals surface area contributed by atoms with Gasteiger partial charge in [-0.25, -0.2) is 5.43 Å². The van der Waals surface area contributed by atoms with E-state index in [2.05, 4.69) is 10.5 Å². The van der Waals surface area contributed by atoms with E-state index in [9.17, 15) is 4.79 Å². The van der Waals surface area contributed by atoms with E-state index in [-0.39, 0.29) is 12.3 Å². The van der Waals surface area contributed by atoms with Crippen LogP contribution < -0.4 is 10.2 Å². The van der Waals surface area contributed by atoms with Crippen molar-refractivity contribution in [3.05, 3.63) is 114 Å². The fourth-order valence-electron chi connectivity index (χ4n) is 2.72. The van der Waals surface area contributed by atoms with Crippen molar-refractivity contribution < 1.29 is 9.53 Å². The number of allylic oxidation sites excluding steroid dienone is 2. The van der Waals surface area contributed by atoms with Gasteiger partial charge in [0.1, 0.15) is 5.75 Å². The molecule has 1 N–H and O–H groups in total. The monoisotopic (exact) mass is 396 g/mol. The second kappa shape index (κ2) is 11.2. The van der Waals surface area contributed by atoms with Crippen LogP contribution in [-0.4, -0.2) is 18.7 Å². The zero-order chi connectivity index (χ0) is 21.0. The van der Waals surface area contributed by atoms with E-state index in [0.29, 0.717) is 5.71 Å². The van der Waals surface area contributed by atoms with Gasteiger partial charge in [0.25, 0.3) is 0 Å². The molecule has 0 atom stereocenters. The van der Waals surface area contributed by atoms with Gasteiger partial charge in [-0.2, -0.15) is 5.10 Å². The van der Waals surface area contributed by atoms with Crippen LogP contribution in [0.4, 0.5) is 0 Å². The number of nitrogens with zero attached hydrogens (tertiary/aromatic N) is 1. The molecule has 4 nitrogen and oxygen atoms in total. The average Bonchev–Trinajstić information content (AvgIpc) is 2.80. The third-order valence-electron chi connectivity index (χ3n) is 4.33. The van der Waals surface area contributed by atoms with E-state index < -0.39 is 0 Å². The van der Waals surface area contributed by atoms with E-state index in [1.54, 1.807) is 7.11 Å². The lowest BCUT2D eigenvalue weighted by Gasteiger charge is -2.03. The van der Waals surface area contributed by atoms with Gasteiger partial charge in [-0.05, 0) is 41.0 Å². The zero-order valence-electron chi connectivity index (χ0n) is 16.9. The summed E-state index contributed by atoms with van der Waals surface area (Å²) < 4.78 is 5.14. The van der Waals surface area contributed by atoms with Crippen molar-refractivity contribution in [1.29, 1.82) is 0 Å². The van der Waals surface area contributed by atoms with Gasteiger partial charge in [-0.3, -0.25) is 4.79 Å². The summed E-state index contributed by atoms with van der Waals surface area (Å²) >= 11 is 0. The lowest BCUT2D eigenvalue weighted by Crippen LogP contribution is -2.20.